The Morgan fingerprint density at radius 3 is 2.14 bits per heavy atom. The molecule has 156 valence electrons. The smallest absolute Gasteiger partial charge is 0.243 e. The van der Waals surface area contributed by atoms with Gasteiger partial charge in [-0.2, -0.15) is 4.31 Å². The molecule has 2 fully saturated rings. The summed E-state index contributed by atoms with van der Waals surface area (Å²) >= 11 is 0. The van der Waals surface area contributed by atoms with E-state index in [1.54, 1.807) is 4.31 Å². The molecule has 28 heavy (non-hydrogen) atoms. The van der Waals surface area contributed by atoms with Gasteiger partial charge in [-0.15, -0.1) is 0 Å². The van der Waals surface area contributed by atoms with Crippen LogP contribution in [0.3, 0.4) is 0 Å². The van der Waals surface area contributed by atoms with E-state index in [1.165, 1.54) is 0 Å². The minimum absolute atomic E-state index is 0.0601. The van der Waals surface area contributed by atoms with Gasteiger partial charge in [0.2, 0.25) is 15.9 Å². The molecule has 0 aliphatic carbocycles. The summed E-state index contributed by atoms with van der Waals surface area (Å²) in [6.45, 7) is 10.0. The molecule has 1 aromatic rings. The molecule has 0 radical (unpaired) electrons. The zero-order chi connectivity index (χ0) is 20.5. The Balaban J connectivity index is 1.67. The summed E-state index contributed by atoms with van der Waals surface area (Å²) in [5.74, 6) is 0.144. The molecule has 0 N–H and O–H groups in total. The van der Waals surface area contributed by atoms with E-state index in [1.807, 2.05) is 37.8 Å². The fourth-order valence-corrected chi connectivity index (χ4v) is 6.45. The van der Waals surface area contributed by atoms with Crippen LogP contribution in [0.4, 0.5) is 0 Å². The zero-order valence-electron chi connectivity index (χ0n) is 17.6. The van der Waals surface area contributed by atoms with E-state index in [2.05, 4.69) is 11.9 Å². The number of benzene rings is 1. The standard InChI is InChI=1S/C21H33N3O3S/c1-16-14-17(2)20(18(3)15-16)28(26,27)24-10-6-19(7-11-24)21(25)23-9-5-8-22(4)12-13-23/h14-15,19H,5-13H2,1-4H3. The van der Waals surface area contributed by atoms with E-state index in [9.17, 15) is 13.2 Å². The number of carbonyl (C=O) groups is 1. The SMILES string of the molecule is Cc1cc(C)c(S(=O)(=O)N2CCC(C(=O)N3CCCN(C)CC3)CC2)c(C)c1. The highest BCUT2D eigenvalue weighted by Crippen LogP contribution is 2.29. The first-order valence-electron chi connectivity index (χ1n) is 10.3. The van der Waals surface area contributed by atoms with Crippen molar-refractivity contribution < 1.29 is 13.2 Å². The number of aryl methyl sites for hydroxylation is 3. The average molecular weight is 408 g/mol. The molecule has 1 aromatic carbocycles. The first kappa shape index (κ1) is 21.3. The van der Waals surface area contributed by atoms with Gasteiger partial charge in [0.25, 0.3) is 0 Å². The number of carbonyl (C=O) groups excluding carboxylic acids is 1. The maximum absolute atomic E-state index is 13.2. The summed E-state index contributed by atoms with van der Waals surface area (Å²) < 4.78 is 28.0. The normalized spacial score (nSPS) is 20.9. The first-order valence-corrected chi connectivity index (χ1v) is 11.7. The molecule has 3 rings (SSSR count). The molecule has 2 heterocycles. The number of sulfonamides is 1. The molecule has 0 unspecified atom stereocenters. The number of hydrogen-bond acceptors (Lipinski definition) is 4. The summed E-state index contributed by atoms with van der Waals surface area (Å²) in [6, 6.07) is 3.85. The van der Waals surface area contributed by atoms with Crippen LogP contribution in [0.15, 0.2) is 17.0 Å². The topological polar surface area (TPSA) is 60.9 Å². The minimum Gasteiger partial charge on any atom is -0.341 e. The van der Waals surface area contributed by atoms with Gasteiger partial charge in [-0.05, 0) is 64.8 Å². The Morgan fingerprint density at radius 1 is 0.929 bits per heavy atom. The molecule has 0 bridgehead atoms. The van der Waals surface area contributed by atoms with E-state index in [0.717, 1.165) is 49.3 Å². The van der Waals surface area contributed by atoms with Gasteiger partial charge in [-0.25, -0.2) is 8.42 Å². The van der Waals surface area contributed by atoms with Gasteiger partial charge >= 0.3 is 0 Å². The third-order valence-corrected chi connectivity index (χ3v) is 8.24. The fourth-order valence-electron chi connectivity index (χ4n) is 4.57. The highest BCUT2D eigenvalue weighted by molar-refractivity contribution is 7.89. The maximum Gasteiger partial charge on any atom is 0.243 e. The van der Waals surface area contributed by atoms with Crippen molar-refractivity contribution in [2.45, 2.75) is 44.9 Å². The molecule has 6 nitrogen and oxygen atoms in total. The number of likely N-dealkylation sites (N-methyl/N-ethyl adjacent to an activating group) is 1. The summed E-state index contributed by atoms with van der Waals surface area (Å²) in [6.07, 6.45) is 2.21. The molecule has 1 amide bonds. The van der Waals surface area contributed by atoms with Gasteiger partial charge in [0.15, 0.2) is 0 Å². The third-order valence-electron chi connectivity index (χ3n) is 6.04. The number of hydrogen-bond donors (Lipinski definition) is 0. The Kier molecular flexibility index (Phi) is 6.47. The monoisotopic (exact) mass is 407 g/mol. The fraction of sp³-hybridized carbons (Fsp3) is 0.667. The number of amides is 1. The third kappa shape index (κ3) is 4.42. The highest BCUT2D eigenvalue weighted by Gasteiger charge is 2.35. The zero-order valence-corrected chi connectivity index (χ0v) is 18.4. The lowest BCUT2D eigenvalue weighted by Gasteiger charge is -2.34. The summed E-state index contributed by atoms with van der Waals surface area (Å²) in [7, 11) is -1.44. The van der Waals surface area contributed by atoms with Gasteiger partial charge in [0.1, 0.15) is 0 Å². The number of nitrogens with zero attached hydrogens (tertiary/aromatic N) is 3. The number of rotatable bonds is 3. The van der Waals surface area contributed by atoms with E-state index in [4.69, 9.17) is 0 Å². The van der Waals surface area contributed by atoms with Crippen molar-refractivity contribution in [1.29, 1.82) is 0 Å². The predicted octanol–water partition coefficient (Wildman–Crippen LogP) is 2.18. The Labute approximate surface area is 169 Å². The molecule has 2 saturated heterocycles. The first-order chi connectivity index (χ1) is 13.2. The molecule has 2 aliphatic rings. The van der Waals surface area contributed by atoms with Crippen LogP contribution in [0.25, 0.3) is 0 Å². The van der Waals surface area contributed by atoms with Crippen LogP contribution in [-0.2, 0) is 14.8 Å². The lowest BCUT2D eigenvalue weighted by molar-refractivity contribution is -0.136. The van der Waals surface area contributed by atoms with Crippen molar-refractivity contribution in [1.82, 2.24) is 14.1 Å². The molecule has 0 spiro atoms. The van der Waals surface area contributed by atoms with E-state index in [0.29, 0.717) is 30.8 Å². The second-order valence-electron chi connectivity index (χ2n) is 8.39. The van der Waals surface area contributed by atoms with Gasteiger partial charge in [0.05, 0.1) is 4.90 Å². The van der Waals surface area contributed by atoms with Crippen LogP contribution in [0.5, 0.6) is 0 Å². The summed E-state index contributed by atoms with van der Waals surface area (Å²) in [5.41, 5.74) is 2.66. The quantitative estimate of drug-likeness (QED) is 0.771. The van der Waals surface area contributed by atoms with E-state index in [-0.39, 0.29) is 11.8 Å². The molecule has 7 heteroatoms. The van der Waals surface area contributed by atoms with Crippen molar-refractivity contribution in [3.05, 3.63) is 28.8 Å². The Morgan fingerprint density at radius 2 is 1.54 bits per heavy atom. The maximum atomic E-state index is 13.2. The molecule has 2 aliphatic heterocycles. The van der Waals surface area contributed by atoms with Gasteiger partial charge in [-0.1, -0.05) is 17.7 Å². The summed E-state index contributed by atoms with van der Waals surface area (Å²) in [5, 5.41) is 0. The van der Waals surface area contributed by atoms with Crippen LogP contribution in [-0.4, -0.2) is 74.7 Å². The molecular formula is C21H33N3O3S. The van der Waals surface area contributed by atoms with Gasteiger partial charge in [-0.3, -0.25) is 4.79 Å². The van der Waals surface area contributed by atoms with Crippen LogP contribution < -0.4 is 0 Å². The van der Waals surface area contributed by atoms with Crippen molar-refractivity contribution in [2.24, 2.45) is 5.92 Å². The van der Waals surface area contributed by atoms with Crippen LogP contribution in [0.1, 0.15) is 36.0 Å². The Bertz CT molecular complexity index is 806. The van der Waals surface area contributed by atoms with Crippen LogP contribution in [0.2, 0.25) is 0 Å². The second-order valence-corrected chi connectivity index (χ2v) is 10.3. The van der Waals surface area contributed by atoms with Crippen molar-refractivity contribution in [3.8, 4) is 0 Å². The van der Waals surface area contributed by atoms with E-state index < -0.39 is 10.0 Å². The van der Waals surface area contributed by atoms with Crippen molar-refractivity contribution in [2.75, 3.05) is 46.3 Å². The van der Waals surface area contributed by atoms with Crippen molar-refractivity contribution in [3.63, 3.8) is 0 Å². The lowest BCUT2D eigenvalue weighted by Crippen LogP contribution is -2.45. The van der Waals surface area contributed by atoms with Gasteiger partial charge < -0.3 is 9.80 Å². The average Bonchev–Trinajstić information content (AvgIpc) is 2.84. The van der Waals surface area contributed by atoms with Gasteiger partial charge in [0, 0.05) is 38.6 Å². The highest BCUT2D eigenvalue weighted by atomic mass is 32.2. The Hall–Kier alpha value is -1.44. The summed E-state index contributed by atoms with van der Waals surface area (Å²) in [4.78, 5) is 17.6. The molecule has 0 aromatic heterocycles. The number of piperidine rings is 1. The predicted molar refractivity (Wildman–Crippen MR) is 111 cm³/mol. The second kappa shape index (κ2) is 8.51. The van der Waals surface area contributed by atoms with Crippen LogP contribution >= 0.6 is 0 Å². The molecular weight excluding hydrogens is 374 g/mol. The van der Waals surface area contributed by atoms with Crippen LogP contribution in [0, 0.1) is 26.7 Å². The lowest BCUT2D eigenvalue weighted by atomic mass is 9.96. The molecule has 0 atom stereocenters. The van der Waals surface area contributed by atoms with Crippen molar-refractivity contribution >= 4 is 15.9 Å². The minimum atomic E-state index is -3.53. The molecule has 0 saturated carbocycles. The largest absolute Gasteiger partial charge is 0.341 e. The van der Waals surface area contributed by atoms with E-state index >= 15 is 0 Å².